The van der Waals surface area contributed by atoms with Gasteiger partial charge >= 0.3 is 12.2 Å². The minimum atomic E-state index is -0.378. The Labute approximate surface area is 204 Å². The predicted octanol–water partition coefficient (Wildman–Crippen LogP) is 6.66. The fourth-order valence-electron chi connectivity index (χ4n) is 3.98. The van der Waals surface area contributed by atoms with E-state index in [4.69, 9.17) is 9.47 Å². The van der Waals surface area contributed by atoms with Crippen molar-refractivity contribution in [1.29, 1.82) is 0 Å². The van der Waals surface area contributed by atoms with Crippen LogP contribution in [0.3, 0.4) is 0 Å². The molecule has 6 heteroatoms. The fourth-order valence-corrected chi connectivity index (χ4v) is 3.98. The summed E-state index contributed by atoms with van der Waals surface area (Å²) in [5.41, 5.74) is 4.94. The molecule has 2 aliphatic rings. The van der Waals surface area contributed by atoms with Crippen molar-refractivity contribution in [1.82, 2.24) is 10.6 Å². The molecule has 0 aromatic heterocycles. The van der Waals surface area contributed by atoms with Gasteiger partial charge in [0.25, 0.3) is 0 Å². The van der Waals surface area contributed by atoms with Crippen molar-refractivity contribution < 1.29 is 19.1 Å². The molecular weight excluding hydrogens is 428 g/mol. The lowest BCUT2D eigenvalue weighted by molar-refractivity contribution is 0.119. The Bertz CT molecular complexity index is 848. The van der Waals surface area contributed by atoms with Crippen LogP contribution in [0.15, 0.2) is 47.6 Å². The number of allylic oxidation sites excluding steroid dienone is 2. The van der Waals surface area contributed by atoms with Gasteiger partial charge in [-0.3, -0.25) is 0 Å². The first kappa shape index (κ1) is 25.9. The summed E-state index contributed by atoms with van der Waals surface area (Å²) in [6, 6.07) is 8.15. The Balaban J connectivity index is 1.24. The predicted molar refractivity (Wildman–Crippen MR) is 135 cm³/mol. The average molecular weight is 469 g/mol. The standard InChI is InChI=1S/C28H40N2O4/c1-21-13-15-25(16-14-21)26(20-24-11-8-12-24)34-28(32)30-18-6-4-3-5-17-29-27(31)33-22(2)19-23-9-7-10-23/h13-16,19-20,22,26H,3-12,17-18H2,1-2H3,(H,29,31)(H,30,32). The zero-order valence-electron chi connectivity index (χ0n) is 20.7. The van der Waals surface area contributed by atoms with Crippen LogP contribution in [0, 0.1) is 6.92 Å². The molecular formula is C28H40N2O4. The van der Waals surface area contributed by atoms with Gasteiger partial charge in [0.05, 0.1) is 0 Å². The van der Waals surface area contributed by atoms with E-state index in [1.807, 2.05) is 44.2 Å². The monoisotopic (exact) mass is 468 g/mol. The molecule has 0 heterocycles. The molecule has 2 atom stereocenters. The molecule has 2 unspecified atom stereocenters. The first-order chi connectivity index (χ1) is 16.5. The Morgan fingerprint density at radius 1 is 0.824 bits per heavy atom. The van der Waals surface area contributed by atoms with Crippen molar-refractivity contribution in [3.63, 3.8) is 0 Å². The number of hydrogen-bond donors (Lipinski definition) is 2. The third-order valence-corrected chi connectivity index (χ3v) is 6.42. The fraction of sp³-hybridized carbons (Fsp3) is 0.571. The van der Waals surface area contributed by atoms with Crippen molar-refractivity contribution in [3.05, 3.63) is 58.7 Å². The number of alkyl carbamates (subject to hydrolysis) is 2. The third-order valence-electron chi connectivity index (χ3n) is 6.42. The second-order valence-electron chi connectivity index (χ2n) is 9.47. The number of aryl methyl sites for hydroxylation is 1. The molecule has 0 saturated heterocycles. The lowest BCUT2D eigenvalue weighted by Gasteiger charge is -2.21. The van der Waals surface area contributed by atoms with Gasteiger partial charge in [-0.2, -0.15) is 0 Å². The molecule has 0 aliphatic heterocycles. The van der Waals surface area contributed by atoms with Crippen molar-refractivity contribution in [3.8, 4) is 0 Å². The van der Waals surface area contributed by atoms with E-state index in [9.17, 15) is 9.59 Å². The number of rotatable bonds is 12. The zero-order chi connectivity index (χ0) is 24.2. The van der Waals surface area contributed by atoms with Crippen molar-refractivity contribution >= 4 is 12.2 Å². The zero-order valence-corrected chi connectivity index (χ0v) is 20.7. The number of carbonyl (C=O) groups excluding carboxylic acids is 2. The third kappa shape index (κ3) is 9.24. The number of hydrogen-bond acceptors (Lipinski definition) is 4. The first-order valence-corrected chi connectivity index (χ1v) is 12.8. The molecule has 2 fully saturated rings. The molecule has 2 aliphatic carbocycles. The number of nitrogens with one attached hydrogen (secondary N) is 2. The Morgan fingerprint density at radius 2 is 1.35 bits per heavy atom. The molecule has 34 heavy (non-hydrogen) atoms. The number of amides is 2. The lowest BCUT2D eigenvalue weighted by Crippen LogP contribution is -2.28. The number of carbonyl (C=O) groups is 2. The SMILES string of the molecule is Cc1ccc(C(C=C2CCC2)OC(=O)NCCCCCCNC(=O)OC(C)C=C2CCC2)cc1. The highest BCUT2D eigenvalue weighted by Crippen LogP contribution is 2.30. The maximum Gasteiger partial charge on any atom is 0.408 e. The summed E-state index contributed by atoms with van der Waals surface area (Å²) in [6.45, 7) is 5.13. The Hall–Kier alpha value is -2.76. The Morgan fingerprint density at radius 3 is 1.88 bits per heavy atom. The second-order valence-corrected chi connectivity index (χ2v) is 9.47. The van der Waals surface area contributed by atoms with E-state index < -0.39 is 0 Å². The van der Waals surface area contributed by atoms with Gasteiger partial charge in [0.15, 0.2) is 0 Å². The van der Waals surface area contributed by atoms with Crippen LogP contribution in [0.4, 0.5) is 9.59 Å². The van der Waals surface area contributed by atoms with Crippen LogP contribution in [-0.4, -0.2) is 31.4 Å². The van der Waals surface area contributed by atoms with E-state index in [-0.39, 0.29) is 24.4 Å². The van der Waals surface area contributed by atoms with Crippen LogP contribution >= 0.6 is 0 Å². The van der Waals surface area contributed by atoms with Gasteiger partial charge in [-0.15, -0.1) is 0 Å². The quantitative estimate of drug-likeness (QED) is 0.266. The van der Waals surface area contributed by atoms with Gasteiger partial charge in [0.1, 0.15) is 12.2 Å². The Kier molecular flexibility index (Phi) is 10.5. The van der Waals surface area contributed by atoms with Gasteiger partial charge in [-0.25, -0.2) is 9.59 Å². The van der Waals surface area contributed by atoms with Gasteiger partial charge < -0.3 is 20.1 Å². The van der Waals surface area contributed by atoms with E-state index in [0.717, 1.165) is 56.9 Å². The molecule has 6 nitrogen and oxygen atoms in total. The van der Waals surface area contributed by atoms with Crippen LogP contribution < -0.4 is 10.6 Å². The van der Waals surface area contributed by atoms with Gasteiger partial charge in [-0.1, -0.05) is 53.8 Å². The van der Waals surface area contributed by atoms with E-state index in [1.54, 1.807) is 0 Å². The molecule has 2 amide bonds. The maximum absolute atomic E-state index is 12.3. The summed E-state index contributed by atoms with van der Waals surface area (Å²) in [5.74, 6) is 0. The van der Waals surface area contributed by atoms with Crippen molar-refractivity contribution in [2.75, 3.05) is 13.1 Å². The van der Waals surface area contributed by atoms with Crippen LogP contribution in [-0.2, 0) is 9.47 Å². The summed E-state index contributed by atoms with van der Waals surface area (Å²) in [4.78, 5) is 24.2. The van der Waals surface area contributed by atoms with E-state index in [2.05, 4.69) is 16.7 Å². The molecule has 1 aromatic carbocycles. The smallest absolute Gasteiger partial charge is 0.408 e. The van der Waals surface area contributed by atoms with Crippen LogP contribution in [0.25, 0.3) is 0 Å². The summed E-state index contributed by atoms with van der Waals surface area (Å²) in [5, 5.41) is 5.69. The highest BCUT2D eigenvalue weighted by Gasteiger charge is 2.18. The van der Waals surface area contributed by atoms with Crippen LogP contribution in [0.2, 0.25) is 0 Å². The summed E-state index contributed by atoms with van der Waals surface area (Å²) in [6.07, 6.45) is 13.5. The normalized spacial score (nSPS) is 16.4. The topological polar surface area (TPSA) is 76.7 Å². The summed E-state index contributed by atoms with van der Waals surface area (Å²) in [7, 11) is 0. The highest BCUT2D eigenvalue weighted by atomic mass is 16.6. The number of unbranched alkanes of at least 4 members (excludes halogenated alkanes) is 3. The number of benzene rings is 1. The molecule has 2 saturated carbocycles. The van der Waals surface area contributed by atoms with Gasteiger partial charge in [0.2, 0.25) is 0 Å². The molecule has 0 bridgehead atoms. The van der Waals surface area contributed by atoms with E-state index >= 15 is 0 Å². The van der Waals surface area contributed by atoms with E-state index in [1.165, 1.54) is 29.6 Å². The summed E-state index contributed by atoms with van der Waals surface area (Å²) < 4.78 is 11.1. The van der Waals surface area contributed by atoms with Crippen LogP contribution in [0.5, 0.6) is 0 Å². The average Bonchev–Trinajstić information content (AvgIpc) is 2.75. The van der Waals surface area contributed by atoms with Gasteiger partial charge in [0, 0.05) is 13.1 Å². The molecule has 2 N–H and O–H groups in total. The molecule has 1 aromatic rings. The number of ether oxygens (including phenoxy) is 2. The van der Waals surface area contributed by atoms with E-state index in [0.29, 0.717) is 13.1 Å². The molecule has 3 rings (SSSR count). The maximum atomic E-state index is 12.3. The molecule has 186 valence electrons. The largest absolute Gasteiger partial charge is 0.442 e. The van der Waals surface area contributed by atoms with Crippen molar-refractivity contribution in [2.24, 2.45) is 0 Å². The van der Waals surface area contributed by atoms with Gasteiger partial charge in [-0.05, 0) is 82.9 Å². The van der Waals surface area contributed by atoms with Crippen LogP contribution in [0.1, 0.15) is 88.4 Å². The second kappa shape index (κ2) is 13.8. The highest BCUT2D eigenvalue weighted by molar-refractivity contribution is 5.68. The molecule has 0 radical (unpaired) electrons. The minimum Gasteiger partial charge on any atom is -0.442 e. The molecule has 0 spiro atoms. The van der Waals surface area contributed by atoms with Crippen molar-refractivity contribution in [2.45, 2.75) is 90.3 Å². The minimum absolute atomic E-state index is 0.170. The first-order valence-electron chi connectivity index (χ1n) is 12.8. The lowest BCUT2D eigenvalue weighted by atomic mass is 9.90. The summed E-state index contributed by atoms with van der Waals surface area (Å²) >= 11 is 0.